The molecule has 1 amide bonds. The van der Waals surface area contributed by atoms with E-state index < -0.39 is 5.79 Å². The average molecular weight is 252 g/mol. The molecule has 6 heteroatoms. The number of ether oxygens (including phenoxy) is 3. The zero-order valence-electron chi connectivity index (χ0n) is 10.4. The van der Waals surface area contributed by atoms with Crippen LogP contribution in [-0.2, 0) is 14.3 Å². The summed E-state index contributed by atoms with van der Waals surface area (Å²) in [5.74, 6) is 0.533. The number of anilines is 1. The molecule has 2 heterocycles. The van der Waals surface area contributed by atoms with Crippen LogP contribution in [0.5, 0.6) is 5.75 Å². The third kappa shape index (κ3) is 3.41. The molecule has 1 unspecified atom stereocenters. The highest BCUT2D eigenvalue weighted by molar-refractivity contribution is 5.69. The summed E-state index contributed by atoms with van der Waals surface area (Å²) in [6.45, 7) is 4.64. The summed E-state index contributed by atoms with van der Waals surface area (Å²) in [6.07, 6.45) is 2.05. The van der Waals surface area contributed by atoms with Crippen molar-refractivity contribution in [2.45, 2.75) is 25.7 Å². The number of nitrogens with zero attached hydrogens (tertiary/aromatic N) is 1. The van der Waals surface area contributed by atoms with Gasteiger partial charge in [-0.3, -0.25) is 4.79 Å². The lowest BCUT2D eigenvalue weighted by Gasteiger charge is -2.17. The summed E-state index contributed by atoms with van der Waals surface area (Å²) in [6, 6.07) is 3.37. The molecule has 2 rings (SSSR count). The lowest BCUT2D eigenvalue weighted by atomic mass is 10.4. The largest absolute Gasteiger partial charge is 0.491 e. The van der Waals surface area contributed by atoms with Crippen LogP contribution in [0, 0.1) is 0 Å². The Labute approximate surface area is 105 Å². The summed E-state index contributed by atoms with van der Waals surface area (Å²) in [5, 5.41) is 2.46. The van der Waals surface area contributed by atoms with E-state index in [0.29, 0.717) is 31.2 Å². The Morgan fingerprint density at radius 1 is 1.67 bits per heavy atom. The number of carbonyl (C=O) groups excluding carboxylic acids is 1. The molecule has 1 aromatic heterocycles. The summed E-state index contributed by atoms with van der Waals surface area (Å²) < 4.78 is 16.6. The number of amides is 1. The van der Waals surface area contributed by atoms with E-state index in [2.05, 4.69) is 10.3 Å². The molecule has 1 aromatic rings. The molecule has 0 saturated carbocycles. The maximum atomic E-state index is 10.3. The van der Waals surface area contributed by atoms with Crippen molar-refractivity contribution >= 4 is 12.2 Å². The molecule has 1 aliphatic rings. The topological polar surface area (TPSA) is 69.7 Å². The lowest BCUT2D eigenvalue weighted by molar-refractivity contribution is -0.141. The van der Waals surface area contributed by atoms with E-state index in [1.54, 1.807) is 18.3 Å². The van der Waals surface area contributed by atoms with Crippen LogP contribution in [-0.4, -0.2) is 36.5 Å². The molecule has 1 fully saturated rings. The molecule has 1 N–H and O–H groups in total. The molecular formula is C12H16N2O4. The molecule has 98 valence electrons. The number of hydrogen-bond acceptors (Lipinski definition) is 5. The van der Waals surface area contributed by atoms with Gasteiger partial charge in [0.2, 0.25) is 6.41 Å². The summed E-state index contributed by atoms with van der Waals surface area (Å²) in [4.78, 5) is 14.2. The zero-order valence-corrected chi connectivity index (χ0v) is 10.4. The quantitative estimate of drug-likeness (QED) is 0.797. The van der Waals surface area contributed by atoms with Gasteiger partial charge in [0.25, 0.3) is 0 Å². The second-order valence-electron chi connectivity index (χ2n) is 4.40. The maximum absolute atomic E-state index is 10.3. The number of hydrogen-bond donors (Lipinski definition) is 1. The minimum atomic E-state index is -0.545. The van der Waals surface area contributed by atoms with Gasteiger partial charge in [0.1, 0.15) is 24.3 Å². The zero-order chi connectivity index (χ0) is 13.0. The van der Waals surface area contributed by atoms with Gasteiger partial charge in [-0.2, -0.15) is 0 Å². The van der Waals surface area contributed by atoms with Crippen LogP contribution < -0.4 is 10.1 Å². The lowest BCUT2D eigenvalue weighted by Crippen LogP contribution is -2.25. The van der Waals surface area contributed by atoms with Gasteiger partial charge in [-0.05, 0) is 19.9 Å². The highest BCUT2D eigenvalue weighted by Crippen LogP contribution is 2.23. The van der Waals surface area contributed by atoms with Crippen LogP contribution in [0.3, 0.4) is 0 Å². The summed E-state index contributed by atoms with van der Waals surface area (Å²) in [5.41, 5.74) is 0. The number of nitrogens with one attached hydrogen (secondary N) is 1. The fourth-order valence-electron chi connectivity index (χ4n) is 1.67. The number of pyridine rings is 1. The predicted molar refractivity (Wildman–Crippen MR) is 64.3 cm³/mol. The van der Waals surface area contributed by atoms with Gasteiger partial charge in [0.05, 0.1) is 6.61 Å². The molecule has 0 bridgehead atoms. The molecule has 1 aliphatic heterocycles. The van der Waals surface area contributed by atoms with E-state index in [-0.39, 0.29) is 6.10 Å². The Morgan fingerprint density at radius 2 is 2.50 bits per heavy atom. The van der Waals surface area contributed by atoms with Crippen molar-refractivity contribution in [1.82, 2.24) is 4.98 Å². The van der Waals surface area contributed by atoms with Crippen molar-refractivity contribution in [2.24, 2.45) is 0 Å². The van der Waals surface area contributed by atoms with E-state index >= 15 is 0 Å². The SMILES string of the molecule is CC1(C)OCC(COc2ccnc(NC=O)c2)O1. The van der Waals surface area contributed by atoms with Gasteiger partial charge >= 0.3 is 0 Å². The standard InChI is InChI=1S/C12H16N2O4/c1-12(2)17-7-10(18-12)6-16-9-3-4-13-11(5-9)14-8-15/h3-5,8,10H,6-7H2,1-2H3,(H,13,14,15). The second-order valence-corrected chi connectivity index (χ2v) is 4.40. The summed E-state index contributed by atoms with van der Waals surface area (Å²) >= 11 is 0. The van der Waals surface area contributed by atoms with E-state index in [1.165, 1.54) is 0 Å². The summed E-state index contributed by atoms with van der Waals surface area (Å²) in [7, 11) is 0. The van der Waals surface area contributed by atoms with Crippen LogP contribution in [0.4, 0.5) is 5.82 Å². The van der Waals surface area contributed by atoms with Gasteiger partial charge < -0.3 is 19.5 Å². The Balaban J connectivity index is 1.86. The van der Waals surface area contributed by atoms with Crippen molar-refractivity contribution in [3.63, 3.8) is 0 Å². The Morgan fingerprint density at radius 3 is 3.17 bits per heavy atom. The first-order valence-electron chi connectivity index (χ1n) is 5.70. The molecule has 0 spiro atoms. The van der Waals surface area contributed by atoms with Crippen molar-refractivity contribution in [3.05, 3.63) is 18.3 Å². The van der Waals surface area contributed by atoms with Crippen molar-refractivity contribution < 1.29 is 19.0 Å². The van der Waals surface area contributed by atoms with E-state index in [1.807, 2.05) is 13.8 Å². The van der Waals surface area contributed by atoms with Crippen LogP contribution in [0.15, 0.2) is 18.3 Å². The molecule has 6 nitrogen and oxygen atoms in total. The highest BCUT2D eigenvalue weighted by atomic mass is 16.7. The highest BCUT2D eigenvalue weighted by Gasteiger charge is 2.32. The smallest absolute Gasteiger partial charge is 0.212 e. The van der Waals surface area contributed by atoms with Gasteiger partial charge in [-0.15, -0.1) is 0 Å². The Hall–Kier alpha value is -1.66. The fourth-order valence-corrected chi connectivity index (χ4v) is 1.67. The number of aromatic nitrogens is 1. The van der Waals surface area contributed by atoms with E-state index in [9.17, 15) is 4.79 Å². The Bertz CT molecular complexity index is 422. The minimum absolute atomic E-state index is 0.0874. The average Bonchev–Trinajstić information content (AvgIpc) is 2.68. The van der Waals surface area contributed by atoms with Crippen molar-refractivity contribution in [1.29, 1.82) is 0 Å². The first-order valence-corrected chi connectivity index (χ1v) is 5.70. The monoisotopic (exact) mass is 252 g/mol. The third-order valence-corrected chi connectivity index (χ3v) is 2.44. The Kier molecular flexibility index (Phi) is 3.78. The van der Waals surface area contributed by atoms with Crippen LogP contribution in [0.1, 0.15) is 13.8 Å². The first kappa shape index (κ1) is 12.8. The first-order chi connectivity index (χ1) is 8.59. The van der Waals surface area contributed by atoms with Crippen LogP contribution in [0.25, 0.3) is 0 Å². The van der Waals surface area contributed by atoms with Gasteiger partial charge in [-0.25, -0.2) is 4.98 Å². The molecule has 0 aliphatic carbocycles. The van der Waals surface area contributed by atoms with Crippen LogP contribution in [0.2, 0.25) is 0 Å². The molecule has 0 radical (unpaired) electrons. The molecule has 0 aromatic carbocycles. The number of carbonyl (C=O) groups is 1. The van der Waals surface area contributed by atoms with Gasteiger partial charge in [-0.1, -0.05) is 0 Å². The second kappa shape index (κ2) is 5.32. The fraction of sp³-hybridized carbons (Fsp3) is 0.500. The van der Waals surface area contributed by atoms with Crippen molar-refractivity contribution in [3.8, 4) is 5.75 Å². The molecule has 18 heavy (non-hydrogen) atoms. The molecule has 1 atom stereocenters. The normalized spacial score (nSPS) is 21.6. The predicted octanol–water partition coefficient (Wildman–Crippen LogP) is 1.18. The van der Waals surface area contributed by atoms with Crippen LogP contribution >= 0.6 is 0 Å². The molecule has 1 saturated heterocycles. The van der Waals surface area contributed by atoms with Gasteiger partial charge in [0.15, 0.2) is 5.79 Å². The maximum Gasteiger partial charge on any atom is 0.212 e. The minimum Gasteiger partial charge on any atom is -0.491 e. The van der Waals surface area contributed by atoms with E-state index in [0.717, 1.165) is 0 Å². The van der Waals surface area contributed by atoms with E-state index in [4.69, 9.17) is 14.2 Å². The van der Waals surface area contributed by atoms with Crippen molar-refractivity contribution in [2.75, 3.05) is 18.5 Å². The third-order valence-electron chi connectivity index (χ3n) is 2.44. The molecular weight excluding hydrogens is 236 g/mol. The number of rotatable bonds is 5. The van der Waals surface area contributed by atoms with Gasteiger partial charge in [0, 0.05) is 12.3 Å².